The van der Waals surface area contributed by atoms with Gasteiger partial charge in [0.2, 0.25) is 0 Å². The van der Waals surface area contributed by atoms with Gasteiger partial charge in [-0.15, -0.1) is 0 Å². The molecule has 6 aromatic carbocycles. The maximum absolute atomic E-state index is 18.0. The van der Waals surface area contributed by atoms with E-state index in [1.165, 1.54) is 0 Å². The summed E-state index contributed by atoms with van der Waals surface area (Å²) in [4.78, 5) is 9.53. The maximum atomic E-state index is 18.0. The molecule has 0 radical (unpaired) electrons. The monoisotopic (exact) mass is 657 g/mol. The Morgan fingerprint density at radius 2 is 1.18 bits per heavy atom. The van der Waals surface area contributed by atoms with Gasteiger partial charge < -0.3 is 4.57 Å². The molecule has 11 aromatic rings. The zero-order valence-electron chi connectivity index (χ0n) is 27.3. The average molecular weight is 658 g/mol. The Bertz CT molecular complexity index is 3150. The Labute approximate surface area is 291 Å². The molecule has 1 atom stereocenters. The summed E-state index contributed by atoms with van der Waals surface area (Å²) in [5.41, 5.74) is 7.86. The zero-order chi connectivity index (χ0) is 33.6. The van der Waals surface area contributed by atoms with Crippen LogP contribution in [0.5, 0.6) is 0 Å². The first-order valence-corrected chi connectivity index (χ1v) is 17.1. The van der Waals surface area contributed by atoms with Crippen molar-refractivity contribution in [1.29, 1.82) is 0 Å². The van der Waals surface area contributed by atoms with Gasteiger partial charge in [0.05, 0.1) is 27.6 Å². The van der Waals surface area contributed by atoms with Gasteiger partial charge in [0.25, 0.3) is 0 Å². The second kappa shape index (κ2) is 10.6. The lowest BCUT2D eigenvalue weighted by atomic mass is 9.94. The van der Waals surface area contributed by atoms with Crippen LogP contribution in [0.1, 0.15) is 17.3 Å². The van der Waals surface area contributed by atoms with Gasteiger partial charge in [-0.2, -0.15) is 0 Å². The summed E-state index contributed by atoms with van der Waals surface area (Å²) in [6.45, 7) is 0. The lowest BCUT2D eigenvalue weighted by molar-refractivity contribution is 0.404. The van der Waals surface area contributed by atoms with Crippen molar-refractivity contribution in [3.63, 3.8) is 0 Å². The highest BCUT2D eigenvalue weighted by molar-refractivity contribution is 6.29. The van der Waals surface area contributed by atoms with Crippen molar-refractivity contribution in [2.75, 3.05) is 0 Å². The van der Waals surface area contributed by atoms with Crippen LogP contribution in [-0.4, -0.2) is 23.5 Å². The molecule has 11 rings (SSSR count). The van der Waals surface area contributed by atoms with Crippen molar-refractivity contribution < 1.29 is 4.39 Å². The third-order valence-electron chi connectivity index (χ3n) is 10.4. The minimum absolute atomic E-state index is 0.577. The molecule has 0 aliphatic heterocycles. The van der Waals surface area contributed by atoms with Crippen molar-refractivity contribution in [2.45, 2.75) is 6.17 Å². The molecule has 5 nitrogen and oxygen atoms in total. The normalized spacial score (nSPS) is 12.7. The predicted molar refractivity (Wildman–Crippen MR) is 206 cm³/mol. The van der Waals surface area contributed by atoms with Gasteiger partial charge in [0.1, 0.15) is 11.5 Å². The van der Waals surface area contributed by atoms with E-state index in [4.69, 9.17) is 9.97 Å². The van der Waals surface area contributed by atoms with Gasteiger partial charge in [-0.25, -0.2) is 14.4 Å². The molecule has 0 amide bonds. The minimum atomic E-state index is -1.45. The highest BCUT2D eigenvalue weighted by atomic mass is 19.1. The Morgan fingerprint density at radius 3 is 1.96 bits per heavy atom. The van der Waals surface area contributed by atoms with Crippen LogP contribution in [-0.2, 0) is 0 Å². The zero-order valence-corrected chi connectivity index (χ0v) is 27.3. The van der Waals surface area contributed by atoms with Crippen LogP contribution < -0.4 is 0 Å². The van der Waals surface area contributed by atoms with Gasteiger partial charge in [-0.3, -0.25) is 8.97 Å². The third kappa shape index (κ3) is 3.90. The quantitative estimate of drug-likeness (QED) is 0.177. The van der Waals surface area contributed by atoms with E-state index in [9.17, 15) is 0 Å². The molecule has 0 spiro atoms. The first-order chi connectivity index (χ1) is 25.3. The molecule has 5 heterocycles. The first kappa shape index (κ1) is 28.1. The van der Waals surface area contributed by atoms with Gasteiger partial charge in [-0.1, -0.05) is 91.0 Å². The van der Waals surface area contributed by atoms with Crippen LogP contribution >= 0.6 is 0 Å². The molecular formula is C45H28FN5. The molecule has 1 unspecified atom stereocenters. The van der Waals surface area contributed by atoms with Gasteiger partial charge in [0.15, 0.2) is 6.17 Å². The summed E-state index contributed by atoms with van der Waals surface area (Å²) in [6, 6.07) is 49.5. The Hall–Kier alpha value is -6.79. The molecule has 6 heteroatoms. The minimum Gasteiger partial charge on any atom is -0.309 e. The number of alkyl halides is 1. The summed E-state index contributed by atoms with van der Waals surface area (Å²) in [6.07, 6.45) is 4.14. The number of imidazole rings is 1. The Kier molecular flexibility index (Phi) is 5.84. The first-order valence-electron chi connectivity index (χ1n) is 17.1. The number of para-hydroxylation sites is 4. The summed E-state index contributed by atoms with van der Waals surface area (Å²) >= 11 is 0. The Balaban J connectivity index is 1.30. The fraction of sp³-hybridized carbons (Fsp3) is 0.0222. The van der Waals surface area contributed by atoms with Crippen LogP contribution in [0.15, 0.2) is 164 Å². The molecule has 0 aliphatic rings. The van der Waals surface area contributed by atoms with E-state index in [-0.39, 0.29) is 0 Å². The number of halogens is 1. The van der Waals surface area contributed by atoms with E-state index in [1.807, 2.05) is 79.3 Å². The second-order valence-corrected chi connectivity index (χ2v) is 13.1. The molecular weight excluding hydrogens is 630 g/mol. The fourth-order valence-electron chi connectivity index (χ4n) is 8.34. The molecule has 0 saturated heterocycles. The lowest BCUT2D eigenvalue weighted by Gasteiger charge is -2.17. The van der Waals surface area contributed by atoms with Gasteiger partial charge in [0, 0.05) is 62.2 Å². The molecule has 51 heavy (non-hydrogen) atoms. The molecule has 0 N–H and O–H groups in total. The van der Waals surface area contributed by atoms with E-state index in [2.05, 4.69) is 98.5 Å². The van der Waals surface area contributed by atoms with Gasteiger partial charge in [-0.05, 0) is 65.5 Å². The predicted octanol–water partition coefficient (Wildman–Crippen LogP) is 11.3. The van der Waals surface area contributed by atoms with Crippen LogP contribution in [0.25, 0.3) is 82.4 Å². The Morgan fingerprint density at radius 1 is 0.490 bits per heavy atom. The maximum Gasteiger partial charge on any atom is 0.152 e. The fourth-order valence-corrected chi connectivity index (χ4v) is 8.34. The standard InChI is InChI=1S/C45H28FN5/c46-43(28-21-22-30-31-14-4-7-17-36(31)49-25-24-48-45(49)34(30)26-28)35-27-39-41(32-15-5-9-19-38(32)51(39)40-20-10-11-23-47-40)42-33-16-6-8-18-37(33)50(44(35)42)29-12-2-1-3-13-29/h1-27,43H. The second-order valence-electron chi connectivity index (χ2n) is 13.1. The largest absolute Gasteiger partial charge is 0.309 e. The summed E-state index contributed by atoms with van der Waals surface area (Å²) in [7, 11) is 0. The average Bonchev–Trinajstić information content (AvgIpc) is 3.91. The molecule has 0 saturated carbocycles. The summed E-state index contributed by atoms with van der Waals surface area (Å²) in [5.74, 6) is 0.787. The highest BCUT2D eigenvalue weighted by Crippen LogP contribution is 2.47. The molecule has 0 aliphatic carbocycles. The molecule has 0 bridgehead atoms. The number of pyridine rings is 2. The van der Waals surface area contributed by atoms with Crippen LogP contribution in [0, 0.1) is 0 Å². The number of hydrogen-bond donors (Lipinski definition) is 0. The SMILES string of the molecule is FC(c1ccc2c3ccccc3n3ccnc3c2c1)c1cc2c(c3ccccc3n2-c2ccccn2)c2c3ccccc3n(-c3ccccc3)c12. The van der Waals surface area contributed by atoms with Crippen molar-refractivity contribution in [1.82, 2.24) is 23.5 Å². The van der Waals surface area contributed by atoms with Crippen LogP contribution in [0.2, 0.25) is 0 Å². The van der Waals surface area contributed by atoms with E-state index in [1.54, 1.807) is 0 Å². The van der Waals surface area contributed by atoms with E-state index >= 15 is 4.39 Å². The molecule has 240 valence electrons. The number of benzene rings is 6. The number of aromatic nitrogens is 5. The summed E-state index contributed by atoms with van der Waals surface area (Å²) < 4.78 is 24.5. The highest BCUT2D eigenvalue weighted by Gasteiger charge is 2.28. The summed E-state index contributed by atoms with van der Waals surface area (Å²) in [5, 5.41) is 7.35. The van der Waals surface area contributed by atoms with Crippen molar-refractivity contribution in [3.8, 4) is 11.5 Å². The van der Waals surface area contributed by atoms with E-state index in [0.29, 0.717) is 11.1 Å². The topological polar surface area (TPSA) is 40.1 Å². The number of rotatable bonds is 4. The molecule has 5 aromatic heterocycles. The van der Waals surface area contributed by atoms with Crippen molar-refractivity contribution in [2.24, 2.45) is 0 Å². The number of nitrogens with zero attached hydrogens (tertiary/aromatic N) is 5. The number of fused-ring (bicyclic) bond motifs is 13. The third-order valence-corrected chi connectivity index (χ3v) is 10.4. The van der Waals surface area contributed by atoms with Gasteiger partial charge >= 0.3 is 0 Å². The number of hydrogen-bond acceptors (Lipinski definition) is 2. The lowest BCUT2D eigenvalue weighted by Crippen LogP contribution is -2.03. The molecule has 0 fully saturated rings. The van der Waals surface area contributed by atoms with Crippen molar-refractivity contribution in [3.05, 3.63) is 175 Å². The van der Waals surface area contributed by atoms with E-state index in [0.717, 1.165) is 82.4 Å². The van der Waals surface area contributed by atoms with Crippen LogP contribution in [0.3, 0.4) is 0 Å². The van der Waals surface area contributed by atoms with E-state index < -0.39 is 6.17 Å². The van der Waals surface area contributed by atoms with Crippen molar-refractivity contribution >= 4 is 70.9 Å². The smallest absolute Gasteiger partial charge is 0.152 e. The van der Waals surface area contributed by atoms with Crippen LogP contribution in [0.4, 0.5) is 4.39 Å².